The Bertz CT molecular complexity index is 1160. The molecule has 1 atom stereocenters. The second-order valence-corrected chi connectivity index (χ2v) is 11.7. The van der Waals surface area contributed by atoms with Crippen LogP contribution in [0.5, 0.6) is 5.75 Å². The molecule has 1 unspecified atom stereocenters. The maximum Gasteiger partial charge on any atom is 0.311 e. The van der Waals surface area contributed by atoms with Crippen LogP contribution >= 0.6 is 0 Å². The Labute approximate surface area is 214 Å². The van der Waals surface area contributed by atoms with Gasteiger partial charge in [-0.2, -0.15) is 0 Å². The normalized spacial score (nSPS) is 13.7. The molecule has 2 aromatic carbocycles. The van der Waals surface area contributed by atoms with Gasteiger partial charge in [-0.3, -0.25) is 9.59 Å². The first-order chi connectivity index (χ1) is 16.8. The maximum absolute atomic E-state index is 12.6. The summed E-state index contributed by atoms with van der Waals surface area (Å²) in [4.78, 5) is 25.0. The molecule has 0 heterocycles. The summed E-state index contributed by atoms with van der Waals surface area (Å²) in [6.45, 7) is 7.51. The van der Waals surface area contributed by atoms with E-state index in [1.54, 1.807) is 45.0 Å². The number of ether oxygens (including phenoxy) is 3. The van der Waals surface area contributed by atoms with Gasteiger partial charge in [-0.1, -0.05) is 43.3 Å². The minimum atomic E-state index is -3.21. The molecule has 0 amide bonds. The lowest BCUT2D eigenvalue weighted by molar-refractivity contribution is -0.162. The predicted molar refractivity (Wildman–Crippen MR) is 140 cm³/mol. The summed E-state index contributed by atoms with van der Waals surface area (Å²) in [7, 11) is -1.86. The van der Waals surface area contributed by atoms with Crippen LogP contribution in [0.1, 0.15) is 51.7 Å². The quantitative estimate of drug-likeness (QED) is 0.218. The number of methoxy groups -OCH3 is 1. The molecular weight excluding hydrogens is 480 g/mol. The average molecular weight is 517 g/mol. The predicted octanol–water partition coefficient (Wildman–Crippen LogP) is 5.19. The third kappa shape index (κ3) is 8.22. The summed E-state index contributed by atoms with van der Waals surface area (Å²) in [6, 6.07) is 14.1. The fourth-order valence-electron chi connectivity index (χ4n) is 3.82. The Balaban J connectivity index is 1.84. The standard InChI is InChI=1S/C28H36O7S/c1-7-28(4,26(30)33-5)20-27(2,3)25(29)35-19-18-34-23-14-10-21(11-15-23)8-9-22-12-16-24(17-13-22)36(6,31)32/h8-17H,7,18-20H2,1-6H3/b9-8+. The van der Waals surface area contributed by atoms with Crippen molar-refractivity contribution in [2.45, 2.75) is 45.4 Å². The van der Waals surface area contributed by atoms with E-state index in [0.717, 1.165) is 11.1 Å². The highest BCUT2D eigenvalue weighted by molar-refractivity contribution is 7.90. The average Bonchev–Trinajstić information content (AvgIpc) is 2.84. The summed E-state index contributed by atoms with van der Waals surface area (Å²) in [6.07, 6.45) is 5.87. The van der Waals surface area contributed by atoms with Gasteiger partial charge in [0.1, 0.15) is 19.0 Å². The molecule has 0 aliphatic rings. The van der Waals surface area contributed by atoms with Crippen LogP contribution < -0.4 is 4.74 Å². The van der Waals surface area contributed by atoms with Gasteiger partial charge in [0, 0.05) is 6.26 Å². The van der Waals surface area contributed by atoms with Crippen molar-refractivity contribution in [2.75, 3.05) is 26.6 Å². The zero-order valence-corrected chi connectivity index (χ0v) is 22.7. The van der Waals surface area contributed by atoms with Crippen LogP contribution in [0.3, 0.4) is 0 Å². The van der Waals surface area contributed by atoms with Gasteiger partial charge in [-0.05, 0) is 69.0 Å². The lowest BCUT2D eigenvalue weighted by Crippen LogP contribution is -2.38. The Kier molecular flexibility index (Phi) is 9.87. The molecule has 0 aliphatic heterocycles. The van der Waals surface area contributed by atoms with Crippen molar-refractivity contribution in [1.29, 1.82) is 0 Å². The van der Waals surface area contributed by atoms with Gasteiger partial charge in [0.15, 0.2) is 9.84 Å². The summed E-state index contributed by atoms with van der Waals surface area (Å²) >= 11 is 0. The van der Waals surface area contributed by atoms with Crippen LogP contribution in [-0.2, 0) is 28.9 Å². The van der Waals surface area contributed by atoms with Crippen molar-refractivity contribution in [1.82, 2.24) is 0 Å². The Morgan fingerprint density at radius 2 is 1.39 bits per heavy atom. The van der Waals surface area contributed by atoms with E-state index >= 15 is 0 Å². The Hall–Kier alpha value is -3.13. The molecule has 8 heteroatoms. The molecule has 0 bridgehead atoms. The third-order valence-corrected chi connectivity index (χ3v) is 7.21. The minimum Gasteiger partial charge on any atom is -0.490 e. The van der Waals surface area contributed by atoms with E-state index < -0.39 is 20.7 Å². The summed E-state index contributed by atoms with van der Waals surface area (Å²) in [5.41, 5.74) is 0.229. The van der Waals surface area contributed by atoms with Gasteiger partial charge in [0.25, 0.3) is 0 Å². The molecule has 0 aromatic heterocycles. The fourth-order valence-corrected chi connectivity index (χ4v) is 4.45. The molecule has 0 N–H and O–H groups in total. The van der Waals surface area contributed by atoms with E-state index in [-0.39, 0.29) is 30.0 Å². The number of rotatable bonds is 12. The number of esters is 2. The zero-order chi connectivity index (χ0) is 27.0. The first-order valence-corrected chi connectivity index (χ1v) is 13.7. The lowest BCUT2D eigenvalue weighted by Gasteiger charge is -2.33. The van der Waals surface area contributed by atoms with E-state index in [1.165, 1.54) is 13.4 Å². The van der Waals surface area contributed by atoms with Crippen molar-refractivity contribution >= 4 is 33.9 Å². The molecule has 7 nitrogen and oxygen atoms in total. The third-order valence-electron chi connectivity index (χ3n) is 6.09. The van der Waals surface area contributed by atoms with Gasteiger partial charge in [-0.15, -0.1) is 0 Å². The van der Waals surface area contributed by atoms with Gasteiger partial charge in [0.2, 0.25) is 0 Å². The van der Waals surface area contributed by atoms with Crippen LogP contribution in [0.15, 0.2) is 53.4 Å². The molecule has 2 aromatic rings. The molecular formula is C28H36O7S. The zero-order valence-electron chi connectivity index (χ0n) is 21.9. The molecule has 196 valence electrons. The SMILES string of the molecule is CCC(C)(CC(C)(C)C(=O)OCCOc1ccc(/C=C/c2ccc(S(C)(=O)=O)cc2)cc1)C(=O)OC. The lowest BCUT2D eigenvalue weighted by atomic mass is 9.72. The molecule has 36 heavy (non-hydrogen) atoms. The van der Waals surface area contributed by atoms with Crippen LogP contribution in [0.25, 0.3) is 12.2 Å². The Morgan fingerprint density at radius 1 is 0.861 bits per heavy atom. The van der Waals surface area contributed by atoms with Crippen molar-refractivity contribution in [3.63, 3.8) is 0 Å². The number of hydrogen-bond acceptors (Lipinski definition) is 7. The van der Waals surface area contributed by atoms with E-state index in [9.17, 15) is 18.0 Å². The topological polar surface area (TPSA) is 96.0 Å². The number of benzene rings is 2. The second kappa shape index (κ2) is 12.2. The highest BCUT2D eigenvalue weighted by atomic mass is 32.2. The molecule has 0 radical (unpaired) electrons. The molecule has 0 fully saturated rings. The minimum absolute atomic E-state index is 0.0917. The van der Waals surface area contributed by atoms with Gasteiger partial charge in [-0.25, -0.2) is 8.42 Å². The summed E-state index contributed by atoms with van der Waals surface area (Å²) < 4.78 is 39.1. The van der Waals surface area contributed by atoms with Crippen molar-refractivity contribution in [3.05, 3.63) is 59.7 Å². The van der Waals surface area contributed by atoms with Gasteiger partial charge in [0.05, 0.1) is 22.8 Å². The van der Waals surface area contributed by atoms with Crippen LogP contribution in [0.4, 0.5) is 0 Å². The number of carbonyl (C=O) groups is 2. The van der Waals surface area contributed by atoms with Crippen molar-refractivity contribution in [3.8, 4) is 5.75 Å². The molecule has 0 saturated heterocycles. The largest absolute Gasteiger partial charge is 0.490 e. The highest BCUT2D eigenvalue weighted by Gasteiger charge is 2.42. The Morgan fingerprint density at radius 3 is 1.86 bits per heavy atom. The maximum atomic E-state index is 12.6. The van der Waals surface area contributed by atoms with E-state index in [1.807, 2.05) is 43.3 Å². The summed E-state index contributed by atoms with van der Waals surface area (Å²) in [5, 5.41) is 0. The number of carbonyl (C=O) groups excluding carboxylic acids is 2. The first-order valence-electron chi connectivity index (χ1n) is 11.8. The van der Waals surface area contributed by atoms with Crippen molar-refractivity contribution < 1.29 is 32.2 Å². The molecule has 2 rings (SSSR count). The first kappa shape index (κ1) is 29.1. The van der Waals surface area contributed by atoms with Gasteiger partial charge < -0.3 is 14.2 Å². The highest BCUT2D eigenvalue weighted by Crippen LogP contribution is 2.38. The molecule has 0 spiro atoms. The van der Waals surface area contributed by atoms with E-state index in [0.29, 0.717) is 18.6 Å². The number of sulfone groups is 1. The molecule has 0 saturated carbocycles. The number of hydrogen-bond donors (Lipinski definition) is 0. The van der Waals surface area contributed by atoms with E-state index in [2.05, 4.69) is 0 Å². The second-order valence-electron chi connectivity index (χ2n) is 9.69. The van der Waals surface area contributed by atoms with Crippen LogP contribution in [-0.4, -0.2) is 46.9 Å². The van der Waals surface area contributed by atoms with Gasteiger partial charge >= 0.3 is 11.9 Å². The fraction of sp³-hybridized carbons (Fsp3) is 0.429. The van der Waals surface area contributed by atoms with Crippen LogP contribution in [0, 0.1) is 10.8 Å². The monoisotopic (exact) mass is 516 g/mol. The smallest absolute Gasteiger partial charge is 0.311 e. The molecule has 0 aliphatic carbocycles. The summed E-state index contributed by atoms with van der Waals surface area (Å²) in [5.74, 6) is -0.0821. The van der Waals surface area contributed by atoms with E-state index in [4.69, 9.17) is 14.2 Å². The van der Waals surface area contributed by atoms with Crippen LogP contribution in [0.2, 0.25) is 0 Å². The van der Waals surface area contributed by atoms with Crippen molar-refractivity contribution in [2.24, 2.45) is 10.8 Å².